The number of aromatic nitrogens is 2. The highest BCUT2D eigenvalue weighted by Crippen LogP contribution is 2.43. The molecule has 0 saturated carbocycles. The maximum absolute atomic E-state index is 6.20. The molecule has 45 heavy (non-hydrogen) atoms. The molecule has 4 aromatic heterocycles. The zero-order chi connectivity index (χ0) is 29.5. The number of pyridine rings is 1. The van der Waals surface area contributed by atoms with Crippen LogP contribution >= 0.6 is 0 Å². The minimum absolute atomic E-state index is 0.885. The highest BCUT2D eigenvalue weighted by atomic mass is 16.3. The third-order valence-corrected chi connectivity index (χ3v) is 9.06. The molecular weight excluding hydrogens is 552 g/mol. The Kier molecular flexibility index (Phi) is 4.96. The van der Waals surface area contributed by atoms with Gasteiger partial charge in [-0.2, -0.15) is 0 Å². The molecule has 0 unspecified atom stereocenters. The van der Waals surface area contributed by atoms with Crippen LogP contribution in [0.25, 0.3) is 93.8 Å². The van der Waals surface area contributed by atoms with Crippen LogP contribution in [0, 0.1) is 0 Å². The molecular formula is C41H24N2O2. The molecule has 0 N–H and O–H groups in total. The fourth-order valence-corrected chi connectivity index (χ4v) is 7.06. The van der Waals surface area contributed by atoms with E-state index >= 15 is 0 Å². The Morgan fingerprint density at radius 1 is 0.422 bits per heavy atom. The predicted octanol–water partition coefficient (Wildman–Crippen LogP) is 11.3. The molecule has 0 aliphatic heterocycles. The average Bonchev–Trinajstić information content (AvgIpc) is 3.77. The summed E-state index contributed by atoms with van der Waals surface area (Å²) >= 11 is 0. The first-order valence-corrected chi connectivity index (χ1v) is 15.1. The van der Waals surface area contributed by atoms with Crippen LogP contribution in [0.4, 0.5) is 0 Å². The summed E-state index contributed by atoms with van der Waals surface area (Å²) in [4.78, 5) is 4.85. The van der Waals surface area contributed by atoms with Crippen LogP contribution in [-0.4, -0.2) is 9.55 Å². The van der Waals surface area contributed by atoms with Crippen LogP contribution in [0.15, 0.2) is 155 Å². The lowest BCUT2D eigenvalue weighted by Gasteiger charge is -2.19. The first-order valence-electron chi connectivity index (χ1n) is 15.1. The van der Waals surface area contributed by atoms with Crippen molar-refractivity contribution in [3.63, 3.8) is 0 Å². The van der Waals surface area contributed by atoms with Crippen molar-refractivity contribution in [3.8, 4) is 27.9 Å². The molecule has 0 fully saturated rings. The summed E-state index contributed by atoms with van der Waals surface area (Å²) in [7, 11) is 0. The fourth-order valence-electron chi connectivity index (χ4n) is 7.06. The lowest BCUT2D eigenvalue weighted by atomic mass is 9.94. The summed E-state index contributed by atoms with van der Waals surface area (Å²) in [5.41, 5.74) is 12.3. The molecule has 0 saturated heterocycles. The molecule has 0 amide bonds. The summed E-state index contributed by atoms with van der Waals surface area (Å²) < 4.78 is 14.8. The van der Waals surface area contributed by atoms with Crippen molar-refractivity contribution in [1.82, 2.24) is 9.55 Å². The average molecular weight is 577 g/mol. The minimum Gasteiger partial charge on any atom is -0.456 e. The van der Waals surface area contributed by atoms with E-state index in [9.17, 15) is 0 Å². The maximum atomic E-state index is 6.20. The number of hydrogen-bond acceptors (Lipinski definition) is 3. The molecule has 10 aromatic rings. The lowest BCUT2D eigenvalue weighted by Crippen LogP contribution is -2.00. The van der Waals surface area contributed by atoms with E-state index in [0.717, 1.165) is 93.8 Å². The number of nitrogens with zero attached hydrogens (tertiary/aromatic N) is 2. The Labute approximate surface area is 257 Å². The normalized spacial score (nSPS) is 12.0. The van der Waals surface area contributed by atoms with Gasteiger partial charge in [0, 0.05) is 44.3 Å². The number of hydrogen-bond donors (Lipinski definition) is 0. The Balaban J connectivity index is 1.33. The van der Waals surface area contributed by atoms with Gasteiger partial charge in [0.05, 0.1) is 22.2 Å². The fraction of sp³-hybridized carbons (Fsp3) is 0. The Morgan fingerprint density at radius 2 is 0.956 bits per heavy atom. The first kappa shape index (κ1) is 24.3. The Bertz CT molecular complexity index is 2590. The Hall–Kier alpha value is -6.13. The van der Waals surface area contributed by atoms with E-state index < -0.39 is 0 Å². The van der Waals surface area contributed by atoms with Crippen molar-refractivity contribution < 1.29 is 8.83 Å². The third kappa shape index (κ3) is 3.51. The van der Waals surface area contributed by atoms with Gasteiger partial charge in [-0.1, -0.05) is 84.9 Å². The third-order valence-electron chi connectivity index (χ3n) is 9.06. The second-order valence-electron chi connectivity index (χ2n) is 11.5. The molecule has 0 aliphatic rings. The van der Waals surface area contributed by atoms with E-state index in [2.05, 4.69) is 114 Å². The van der Waals surface area contributed by atoms with Gasteiger partial charge in [-0.3, -0.25) is 4.98 Å². The van der Waals surface area contributed by atoms with Gasteiger partial charge in [-0.15, -0.1) is 0 Å². The number of fused-ring (bicyclic) bond motifs is 9. The van der Waals surface area contributed by atoms with Crippen LogP contribution in [-0.2, 0) is 0 Å². The van der Waals surface area contributed by atoms with E-state index in [1.54, 1.807) is 0 Å². The van der Waals surface area contributed by atoms with Gasteiger partial charge >= 0.3 is 0 Å². The van der Waals surface area contributed by atoms with E-state index in [1.165, 1.54) is 0 Å². The highest BCUT2D eigenvalue weighted by molar-refractivity contribution is 6.11. The van der Waals surface area contributed by atoms with Gasteiger partial charge in [0.2, 0.25) is 0 Å². The number of rotatable bonds is 3. The summed E-state index contributed by atoms with van der Waals surface area (Å²) in [6.45, 7) is 0. The highest BCUT2D eigenvalue weighted by Gasteiger charge is 2.21. The van der Waals surface area contributed by atoms with Crippen molar-refractivity contribution in [1.29, 1.82) is 0 Å². The number of benzene rings is 6. The number of furan rings is 2. The molecule has 0 spiro atoms. The smallest absolute Gasteiger partial charge is 0.135 e. The van der Waals surface area contributed by atoms with Gasteiger partial charge in [-0.05, 0) is 65.7 Å². The van der Waals surface area contributed by atoms with Gasteiger partial charge in [0.1, 0.15) is 22.3 Å². The SMILES string of the molecule is c1cc(-c2ccc3oc4ccccc4c3c2)c(-n2c3ccccc3c3ncccc32)c(-c2ccc3oc4ccccc4c3c2)c1. The van der Waals surface area contributed by atoms with Gasteiger partial charge in [0.15, 0.2) is 0 Å². The van der Waals surface area contributed by atoms with Crippen LogP contribution in [0.5, 0.6) is 0 Å². The van der Waals surface area contributed by atoms with E-state index in [4.69, 9.17) is 13.8 Å². The van der Waals surface area contributed by atoms with Crippen molar-refractivity contribution in [2.24, 2.45) is 0 Å². The lowest BCUT2D eigenvalue weighted by molar-refractivity contribution is 0.668. The molecule has 0 radical (unpaired) electrons. The molecule has 10 rings (SSSR count). The minimum atomic E-state index is 0.885. The molecule has 4 heteroatoms. The number of para-hydroxylation sites is 4. The first-order chi connectivity index (χ1) is 22.3. The molecule has 6 aromatic carbocycles. The quantitative estimate of drug-likeness (QED) is 0.210. The van der Waals surface area contributed by atoms with Gasteiger partial charge < -0.3 is 13.4 Å². The Morgan fingerprint density at radius 3 is 1.60 bits per heavy atom. The molecule has 4 heterocycles. The van der Waals surface area contributed by atoms with Crippen molar-refractivity contribution in [3.05, 3.63) is 146 Å². The zero-order valence-corrected chi connectivity index (χ0v) is 24.1. The largest absolute Gasteiger partial charge is 0.456 e. The summed E-state index contributed by atoms with van der Waals surface area (Å²) in [5, 5.41) is 5.57. The monoisotopic (exact) mass is 576 g/mol. The topological polar surface area (TPSA) is 44.1 Å². The molecule has 0 atom stereocenters. The zero-order valence-electron chi connectivity index (χ0n) is 24.1. The molecule has 4 nitrogen and oxygen atoms in total. The maximum Gasteiger partial charge on any atom is 0.135 e. The van der Waals surface area contributed by atoms with Gasteiger partial charge in [-0.25, -0.2) is 0 Å². The summed E-state index contributed by atoms with van der Waals surface area (Å²) in [5.74, 6) is 0. The van der Waals surface area contributed by atoms with Crippen molar-refractivity contribution in [2.45, 2.75) is 0 Å². The van der Waals surface area contributed by atoms with Crippen molar-refractivity contribution >= 4 is 65.8 Å². The summed E-state index contributed by atoms with van der Waals surface area (Å²) in [6, 6.07) is 48.9. The van der Waals surface area contributed by atoms with Gasteiger partial charge in [0.25, 0.3) is 0 Å². The molecule has 0 bridgehead atoms. The van der Waals surface area contributed by atoms with Crippen molar-refractivity contribution in [2.75, 3.05) is 0 Å². The standard InChI is InChI=1S/C41H24N2O2/c1-4-14-34-31(11-1)40-35(15-8-22-42-40)43(34)41-27(25-18-20-38-32(23-25)29-9-2-5-16-36(29)44-38)12-7-13-28(41)26-19-21-39-33(24-26)30-10-3-6-17-37(30)45-39/h1-24H. The van der Waals surface area contributed by atoms with Crippen LogP contribution in [0.3, 0.4) is 0 Å². The van der Waals surface area contributed by atoms with Crippen LogP contribution in [0.2, 0.25) is 0 Å². The van der Waals surface area contributed by atoms with E-state index in [0.29, 0.717) is 0 Å². The van der Waals surface area contributed by atoms with E-state index in [1.807, 2.05) is 36.5 Å². The van der Waals surface area contributed by atoms with Crippen LogP contribution in [0.1, 0.15) is 0 Å². The second-order valence-corrected chi connectivity index (χ2v) is 11.5. The molecule has 210 valence electrons. The summed E-state index contributed by atoms with van der Waals surface area (Å²) in [6.07, 6.45) is 1.88. The van der Waals surface area contributed by atoms with E-state index in [-0.39, 0.29) is 0 Å². The predicted molar refractivity (Wildman–Crippen MR) is 184 cm³/mol. The van der Waals surface area contributed by atoms with Crippen LogP contribution < -0.4 is 0 Å². The second kappa shape index (κ2) is 9.18. The molecule has 0 aliphatic carbocycles.